The molecule has 0 unspecified atom stereocenters. The molecule has 1 fully saturated rings. The van der Waals surface area contributed by atoms with Crippen molar-refractivity contribution in [1.29, 1.82) is 0 Å². The predicted molar refractivity (Wildman–Crippen MR) is 65.9 cm³/mol. The van der Waals surface area contributed by atoms with Gasteiger partial charge >= 0.3 is 11.9 Å². The maximum atomic E-state index is 13.5. The van der Waals surface area contributed by atoms with Crippen LogP contribution in [0.2, 0.25) is 0 Å². The summed E-state index contributed by atoms with van der Waals surface area (Å²) in [6.07, 6.45) is -0.705. The van der Waals surface area contributed by atoms with Gasteiger partial charge in [-0.05, 0) is 11.6 Å². The average Bonchev–Trinajstić information content (AvgIpc) is 2.33. The summed E-state index contributed by atoms with van der Waals surface area (Å²) >= 11 is 0. The molecule has 1 aliphatic heterocycles. The molecule has 1 saturated heterocycles. The molecule has 0 radical (unpaired) electrons. The first-order valence-electron chi connectivity index (χ1n) is 6.13. The number of halogens is 3. The van der Waals surface area contributed by atoms with Crippen LogP contribution in [0.5, 0.6) is 0 Å². The van der Waals surface area contributed by atoms with E-state index in [1.807, 2.05) is 0 Å². The van der Waals surface area contributed by atoms with Crippen LogP contribution in [-0.4, -0.2) is 22.8 Å². The number of carbonyl (C=O) groups is 2. The molecule has 1 aliphatic rings. The topological polar surface area (TPSA) is 72.8 Å². The highest BCUT2D eigenvalue weighted by Crippen LogP contribution is 2.26. The monoisotopic (exact) mass is 316 g/mol. The first-order valence-corrected chi connectivity index (χ1v) is 6.13. The minimum absolute atomic E-state index is 0.295. The lowest BCUT2D eigenvalue weighted by atomic mass is 10.1. The second-order valence-corrected chi connectivity index (χ2v) is 5.04. The van der Waals surface area contributed by atoms with Crippen LogP contribution in [0.4, 0.5) is 13.2 Å². The summed E-state index contributed by atoms with van der Waals surface area (Å²) in [5.41, 5.74) is -1.25. The van der Waals surface area contributed by atoms with E-state index in [0.717, 1.165) is 0 Å². The molecule has 118 valence electrons. The number of hydrogen-bond acceptors (Lipinski definition) is 5. The number of allylic oxidation sites excluding steroid dienone is 1. The summed E-state index contributed by atoms with van der Waals surface area (Å²) in [6, 6.07) is 0.814. The second-order valence-electron chi connectivity index (χ2n) is 5.04. The van der Waals surface area contributed by atoms with Gasteiger partial charge in [0.2, 0.25) is 0 Å². The van der Waals surface area contributed by atoms with Crippen molar-refractivity contribution in [2.75, 3.05) is 0 Å². The molecule has 0 aromatic heterocycles. The van der Waals surface area contributed by atoms with E-state index < -0.39 is 58.5 Å². The van der Waals surface area contributed by atoms with Gasteiger partial charge in [-0.2, -0.15) is 0 Å². The van der Waals surface area contributed by atoms with E-state index in [4.69, 9.17) is 9.47 Å². The zero-order valence-corrected chi connectivity index (χ0v) is 11.6. The highest BCUT2D eigenvalue weighted by molar-refractivity contribution is 6.15. The molecule has 0 bridgehead atoms. The molecule has 0 atom stereocenters. The molecule has 1 aromatic carbocycles. The van der Waals surface area contributed by atoms with Crippen LogP contribution in [0.15, 0.2) is 23.5 Å². The summed E-state index contributed by atoms with van der Waals surface area (Å²) in [5, 5.41) is 9.82. The van der Waals surface area contributed by atoms with Crippen molar-refractivity contribution in [3.05, 3.63) is 46.5 Å². The highest BCUT2D eigenvalue weighted by Gasteiger charge is 2.41. The van der Waals surface area contributed by atoms with Crippen LogP contribution in [0.1, 0.15) is 19.4 Å². The fraction of sp³-hybridized carbons (Fsp3) is 0.286. The van der Waals surface area contributed by atoms with Gasteiger partial charge in [-0.15, -0.1) is 0 Å². The third-order valence-electron chi connectivity index (χ3n) is 2.82. The third kappa shape index (κ3) is 3.05. The average molecular weight is 316 g/mol. The number of ether oxygens (including phenoxy) is 2. The minimum atomic E-state index is -1.49. The van der Waals surface area contributed by atoms with Gasteiger partial charge in [0.05, 0.1) is 0 Å². The molecule has 5 nitrogen and oxygen atoms in total. The molecule has 0 aliphatic carbocycles. The van der Waals surface area contributed by atoms with Gasteiger partial charge < -0.3 is 14.6 Å². The zero-order valence-electron chi connectivity index (χ0n) is 11.6. The first-order chi connectivity index (χ1) is 10.1. The van der Waals surface area contributed by atoms with Crippen molar-refractivity contribution < 1.29 is 37.3 Å². The van der Waals surface area contributed by atoms with Gasteiger partial charge in [0.25, 0.3) is 5.79 Å². The van der Waals surface area contributed by atoms with Gasteiger partial charge in [-0.3, -0.25) is 0 Å². The van der Waals surface area contributed by atoms with Crippen LogP contribution in [0.3, 0.4) is 0 Å². The van der Waals surface area contributed by atoms with Crippen LogP contribution in [0.25, 0.3) is 0 Å². The summed E-state index contributed by atoms with van der Waals surface area (Å²) in [6.45, 7) is 2.62. The standard InChI is InChI=1S/C14H11F3O5/c1-14(2)21-12(19)11(13(20)22-14)10(18)4-6-3-8(16)9(17)5-7(6)15/h3,5,18H,4H2,1-2H3. The SMILES string of the molecule is CC1(C)OC(=O)C(=C(O)Cc2cc(F)c(F)cc2F)C(=O)O1. The van der Waals surface area contributed by atoms with E-state index >= 15 is 0 Å². The summed E-state index contributed by atoms with van der Waals surface area (Å²) < 4.78 is 48.9. The van der Waals surface area contributed by atoms with Crippen molar-refractivity contribution in [2.24, 2.45) is 0 Å². The lowest BCUT2D eigenvalue weighted by molar-refractivity contribution is -0.222. The Kier molecular flexibility index (Phi) is 3.87. The number of benzene rings is 1. The van der Waals surface area contributed by atoms with Gasteiger partial charge in [0, 0.05) is 26.3 Å². The Morgan fingerprint density at radius 2 is 1.55 bits per heavy atom. The molecular weight excluding hydrogens is 305 g/mol. The van der Waals surface area contributed by atoms with Crippen molar-refractivity contribution in [3.63, 3.8) is 0 Å². The largest absolute Gasteiger partial charge is 0.511 e. The van der Waals surface area contributed by atoms with Crippen molar-refractivity contribution in [1.82, 2.24) is 0 Å². The molecule has 1 aromatic rings. The number of aliphatic hydroxyl groups is 1. The van der Waals surface area contributed by atoms with E-state index in [0.29, 0.717) is 12.1 Å². The molecule has 0 saturated carbocycles. The quantitative estimate of drug-likeness (QED) is 0.298. The maximum absolute atomic E-state index is 13.5. The summed E-state index contributed by atoms with van der Waals surface area (Å²) in [4.78, 5) is 23.4. The van der Waals surface area contributed by atoms with Gasteiger partial charge in [0.15, 0.2) is 17.2 Å². The van der Waals surface area contributed by atoms with E-state index in [9.17, 15) is 27.9 Å². The van der Waals surface area contributed by atoms with Crippen LogP contribution < -0.4 is 0 Å². The van der Waals surface area contributed by atoms with Crippen molar-refractivity contribution in [3.8, 4) is 0 Å². The van der Waals surface area contributed by atoms with Gasteiger partial charge in [-0.1, -0.05) is 0 Å². The molecule has 0 spiro atoms. The Balaban J connectivity index is 2.35. The van der Waals surface area contributed by atoms with Crippen molar-refractivity contribution >= 4 is 11.9 Å². The van der Waals surface area contributed by atoms with Gasteiger partial charge in [-0.25, -0.2) is 22.8 Å². The number of rotatable bonds is 2. The first kappa shape index (κ1) is 15.9. The third-order valence-corrected chi connectivity index (χ3v) is 2.82. The Labute approximate surface area is 122 Å². The molecule has 1 N–H and O–H groups in total. The molecule has 0 amide bonds. The molecule has 2 rings (SSSR count). The number of carbonyl (C=O) groups excluding carboxylic acids is 2. The van der Waals surface area contributed by atoms with Crippen LogP contribution >= 0.6 is 0 Å². The van der Waals surface area contributed by atoms with E-state index in [-0.39, 0.29) is 0 Å². The Morgan fingerprint density at radius 1 is 1.05 bits per heavy atom. The van der Waals surface area contributed by atoms with Crippen molar-refractivity contribution in [2.45, 2.75) is 26.1 Å². The number of esters is 2. The number of hydrogen-bond donors (Lipinski definition) is 1. The fourth-order valence-electron chi connectivity index (χ4n) is 1.86. The van der Waals surface area contributed by atoms with E-state index in [1.54, 1.807) is 0 Å². The Morgan fingerprint density at radius 3 is 2.09 bits per heavy atom. The molecular formula is C14H11F3O5. The summed E-state index contributed by atoms with van der Waals surface area (Å²) in [7, 11) is 0. The molecule has 8 heteroatoms. The Bertz CT molecular complexity index is 672. The molecule has 1 heterocycles. The second kappa shape index (κ2) is 5.36. The highest BCUT2D eigenvalue weighted by atomic mass is 19.2. The zero-order chi connectivity index (χ0) is 16.7. The summed E-state index contributed by atoms with van der Waals surface area (Å²) in [5.74, 6) is -8.52. The number of cyclic esters (lactones) is 2. The van der Waals surface area contributed by atoms with Crippen LogP contribution in [-0.2, 0) is 25.5 Å². The lowest BCUT2D eigenvalue weighted by Crippen LogP contribution is -2.42. The van der Waals surface area contributed by atoms with Gasteiger partial charge in [0.1, 0.15) is 11.6 Å². The predicted octanol–water partition coefficient (Wildman–Crippen LogP) is 2.29. The molecule has 22 heavy (non-hydrogen) atoms. The smallest absolute Gasteiger partial charge is 0.352 e. The minimum Gasteiger partial charge on any atom is -0.511 e. The van der Waals surface area contributed by atoms with Crippen LogP contribution in [0, 0.1) is 17.5 Å². The maximum Gasteiger partial charge on any atom is 0.352 e. The van der Waals surface area contributed by atoms with E-state index in [1.165, 1.54) is 13.8 Å². The lowest BCUT2D eigenvalue weighted by Gasteiger charge is -2.30. The fourth-order valence-corrected chi connectivity index (χ4v) is 1.86. The number of aliphatic hydroxyl groups excluding tert-OH is 1. The Hall–Kier alpha value is -2.51. The van der Waals surface area contributed by atoms with E-state index in [2.05, 4.69) is 0 Å². The normalized spacial score (nSPS) is 17.0.